The molecule has 0 aromatic heterocycles. The average Bonchev–Trinajstić information content (AvgIpc) is 2.45. The number of carbonyl (C=O) groups excluding carboxylic acids is 1. The number of amides is 1. The van der Waals surface area contributed by atoms with Crippen molar-refractivity contribution in [1.82, 2.24) is 5.32 Å². The van der Waals surface area contributed by atoms with Gasteiger partial charge in [0.2, 0.25) is 5.91 Å². The second kappa shape index (κ2) is 8.32. The topological polar surface area (TPSA) is 69.6 Å². The highest BCUT2D eigenvalue weighted by Gasteiger charge is 2.13. The number of anilines is 1. The summed E-state index contributed by atoms with van der Waals surface area (Å²) in [5, 5.41) is 11.9. The van der Waals surface area contributed by atoms with Gasteiger partial charge in [-0.15, -0.1) is 0 Å². The van der Waals surface area contributed by atoms with Crippen molar-refractivity contribution in [2.45, 2.75) is 13.3 Å². The van der Waals surface area contributed by atoms with E-state index in [2.05, 4.69) is 5.32 Å². The molecule has 0 heterocycles. The molecule has 0 atom stereocenters. The number of likely N-dealkylation sites (N-methyl/N-ethyl adjacent to an activating group) is 1. The van der Waals surface area contributed by atoms with Gasteiger partial charge in [-0.3, -0.25) is 4.79 Å². The number of hydrogen-bond donors (Lipinski definition) is 2. The maximum atomic E-state index is 11.6. The molecule has 0 saturated carbocycles. The van der Waals surface area contributed by atoms with Crippen molar-refractivity contribution in [3.63, 3.8) is 0 Å². The van der Waals surface area contributed by atoms with Crippen molar-refractivity contribution in [2.75, 3.05) is 25.0 Å². The van der Waals surface area contributed by atoms with E-state index in [9.17, 15) is 9.59 Å². The molecule has 0 fully saturated rings. The van der Waals surface area contributed by atoms with Crippen molar-refractivity contribution in [1.29, 1.82) is 0 Å². The molecule has 2 N–H and O–H groups in total. The highest BCUT2D eigenvalue weighted by molar-refractivity contribution is 6.31. The summed E-state index contributed by atoms with van der Waals surface area (Å²) in [6, 6.07) is 5.17. The van der Waals surface area contributed by atoms with Gasteiger partial charge in [0.1, 0.15) is 0 Å². The Morgan fingerprint density at radius 3 is 2.71 bits per heavy atom. The Balaban J connectivity index is 3.17. The summed E-state index contributed by atoms with van der Waals surface area (Å²) in [6.45, 7) is 2.87. The summed E-state index contributed by atoms with van der Waals surface area (Å²) in [7, 11) is 1.58. The molecule has 114 valence electrons. The van der Waals surface area contributed by atoms with Crippen LogP contribution in [0.1, 0.15) is 18.9 Å². The number of aliphatic carboxylic acids is 1. The Kier molecular flexibility index (Phi) is 6.75. The average molecular weight is 311 g/mol. The van der Waals surface area contributed by atoms with E-state index >= 15 is 0 Å². The first-order chi connectivity index (χ1) is 9.97. The molecule has 0 bridgehead atoms. The SMILES string of the molecule is CCCN(CC(=O)NC)c1cc(Cl)ccc1/C=C/C(=O)O. The molecule has 1 amide bonds. The minimum Gasteiger partial charge on any atom is -0.478 e. The van der Waals surface area contributed by atoms with E-state index in [4.69, 9.17) is 16.7 Å². The van der Waals surface area contributed by atoms with E-state index in [1.54, 1.807) is 25.2 Å². The quantitative estimate of drug-likeness (QED) is 0.759. The maximum Gasteiger partial charge on any atom is 0.328 e. The zero-order chi connectivity index (χ0) is 15.8. The number of hydrogen-bond acceptors (Lipinski definition) is 3. The first-order valence-corrected chi connectivity index (χ1v) is 7.01. The smallest absolute Gasteiger partial charge is 0.328 e. The number of carboxylic acids is 1. The summed E-state index contributed by atoms with van der Waals surface area (Å²) in [5.74, 6) is -1.14. The zero-order valence-corrected chi connectivity index (χ0v) is 12.9. The van der Waals surface area contributed by atoms with Crippen LogP contribution in [0.15, 0.2) is 24.3 Å². The molecule has 5 nitrogen and oxygen atoms in total. The number of nitrogens with zero attached hydrogens (tertiary/aromatic N) is 1. The Labute approximate surface area is 129 Å². The standard InChI is InChI=1S/C15H19ClN2O3/c1-3-8-18(10-14(19)17-2)13-9-12(16)6-4-11(13)5-7-15(20)21/h4-7,9H,3,8,10H2,1-2H3,(H,17,19)(H,20,21)/b7-5+. The number of rotatable bonds is 7. The second-order valence-corrected chi connectivity index (χ2v) is 4.91. The van der Waals surface area contributed by atoms with Crippen LogP contribution in [0.2, 0.25) is 5.02 Å². The molecule has 1 aromatic carbocycles. The Hall–Kier alpha value is -2.01. The van der Waals surface area contributed by atoms with Gasteiger partial charge in [0, 0.05) is 30.4 Å². The molecule has 0 saturated heterocycles. The van der Waals surface area contributed by atoms with Crippen LogP contribution < -0.4 is 10.2 Å². The van der Waals surface area contributed by atoms with Crippen LogP contribution in [0.25, 0.3) is 6.08 Å². The molecule has 0 unspecified atom stereocenters. The lowest BCUT2D eigenvalue weighted by Crippen LogP contribution is -2.36. The predicted molar refractivity (Wildman–Crippen MR) is 84.7 cm³/mol. The molecule has 0 spiro atoms. The summed E-state index contributed by atoms with van der Waals surface area (Å²) in [5.41, 5.74) is 1.45. The van der Waals surface area contributed by atoms with E-state index < -0.39 is 5.97 Å². The zero-order valence-electron chi connectivity index (χ0n) is 12.1. The minimum atomic E-state index is -1.02. The maximum absolute atomic E-state index is 11.6. The molecule has 0 aliphatic rings. The molecule has 6 heteroatoms. The van der Waals surface area contributed by atoms with Gasteiger partial charge in [-0.2, -0.15) is 0 Å². The van der Waals surface area contributed by atoms with Crippen LogP contribution in [0.3, 0.4) is 0 Å². The van der Waals surface area contributed by atoms with E-state index in [1.807, 2.05) is 11.8 Å². The van der Waals surface area contributed by atoms with Crippen molar-refractivity contribution in [3.05, 3.63) is 34.9 Å². The van der Waals surface area contributed by atoms with Crippen LogP contribution in [0.4, 0.5) is 5.69 Å². The molecule has 1 rings (SSSR count). The molecular formula is C15H19ClN2O3. The third-order valence-electron chi connectivity index (χ3n) is 2.85. The summed E-state index contributed by atoms with van der Waals surface area (Å²) in [4.78, 5) is 24.2. The number of halogens is 1. The normalized spacial score (nSPS) is 10.6. The number of carbonyl (C=O) groups is 2. The monoisotopic (exact) mass is 310 g/mol. The van der Waals surface area contributed by atoms with Crippen LogP contribution in [-0.4, -0.2) is 37.1 Å². The van der Waals surface area contributed by atoms with E-state index in [0.717, 1.165) is 18.2 Å². The lowest BCUT2D eigenvalue weighted by atomic mass is 10.1. The van der Waals surface area contributed by atoms with Gasteiger partial charge in [-0.05, 0) is 30.2 Å². The third-order valence-corrected chi connectivity index (χ3v) is 3.08. The molecular weight excluding hydrogens is 292 g/mol. The molecule has 1 aromatic rings. The third kappa shape index (κ3) is 5.47. The van der Waals surface area contributed by atoms with E-state index in [0.29, 0.717) is 17.1 Å². The summed E-state index contributed by atoms with van der Waals surface area (Å²) in [6.07, 6.45) is 3.42. The summed E-state index contributed by atoms with van der Waals surface area (Å²) >= 11 is 6.03. The van der Waals surface area contributed by atoms with E-state index in [-0.39, 0.29) is 12.5 Å². The fourth-order valence-corrected chi connectivity index (χ4v) is 2.07. The highest BCUT2D eigenvalue weighted by atomic mass is 35.5. The van der Waals surface area contributed by atoms with Crippen LogP contribution in [0.5, 0.6) is 0 Å². The minimum absolute atomic E-state index is 0.114. The Morgan fingerprint density at radius 2 is 2.14 bits per heavy atom. The number of carboxylic acid groups (broad SMARTS) is 1. The largest absolute Gasteiger partial charge is 0.478 e. The van der Waals surface area contributed by atoms with Crippen LogP contribution in [0, 0.1) is 0 Å². The first kappa shape index (κ1) is 17.0. The molecule has 0 aliphatic carbocycles. The lowest BCUT2D eigenvalue weighted by molar-refractivity contribution is -0.131. The van der Waals surface area contributed by atoms with Crippen molar-refractivity contribution >= 4 is 35.2 Å². The van der Waals surface area contributed by atoms with Gasteiger partial charge in [0.05, 0.1) is 6.54 Å². The van der Waals surface area contributed by atoms with Crippen LogP contribution >= 0.6 is 11.6 Å². The lowest BCUT2D eigenvalue weighted by Gasteiger charge is -2.25. The van der Waals surface area contributed by atoms with Gasteiger partial charge in [0.25, 0.3) is 0 Å². The van der Waals surface area contributed by atoms with Gasteiger partial charge in [-0.25, -0.2) is 4.79 Å². The number of nitrogens with one attached hydrogen (secondary N) is 1. The van der Waals surface area contributed by atoms with Gasteiger partial charge < -0.3 is 15.3 Å². The molecule has 0 radical (unpaired) electrons. The predicted octanol–water partition coefficient (Wildman–Crippen LogP) is 2.40. The first-order valence-electron chi connectivity index (χ1n) is 6.64. The second-order valence-electron chi connectivity index (χ2n) is 4.47. The van der Waals surface area contributed by atoms with Crippen molar-refractivity contribution in [3.8, 4) is 0 Å². The van der Waals surface area contributed by atoms with Crippen LogP contribution in [-0.2, 0) is 9.59 Å². The molecule has 0 aliphatic heterocycles. The highest BCUT2D eigenvalue weighted by Crippen LogP contribution is 2.26. The van der Waals surface area contributed by atoms with Gasteiger partial charge >= 0.3 is 5.97 Å². The fourth-order valence-electron chi connectivity index (χ4n) is 1.90. The molecule has 21 heavy (non-hydrogen) atoms. The van der Waals surface area contributed by atoms with Crippen molar-refractivity contribution in [2.24, 2.45) is 0 Å². The number of benzene rings is 1. The van der Waals surface area contributed by atoms with Gasteiger partial charge in [0.15, 0.2) is 0 Å². The van der Waals surface area contributed by atoms with Gasteiger partial charge in [-0.1, -0.05) is 24.6 Å². The Bertz CT molecular complexity index is 544. The summed E-state index contributed by atoms with van der Waals surface area (Å²) < 4.78 is 0. The van der Waals surface area contributed by atoms with Crippen molar-refractivity contribution < 1.29 is 14.7 Å². The Morgan fingerprint density at radius 1 is 1.43 bits per heavy atom. The fraction of sp³-hybridized carbons (Fsp3) is 0.333. The van der Waals surface area contributed by atoms with E-state index in [1.165, 1.54) is 6.08 Å².